The van der Waals surface area contributed by atoms with Gasteiger partial charge in [0.2, 0.25) is 5.91 Å². The molecule has 0 aliphatic carbocycles. The number of rotatable bonds is 9. The van der Waals surface area contributed by atoms with Crippen LogP contribution in [0.15, 0.2) is 30.3 Å². The van der Waals surface area contributed by atoms with E-state index in [4.69, 9.17) is 4.74 Å². The van der Waals surface area contributed by atoms with Gasteiger partial charge in [0.05, 0.1) is 6.61 Å². The van der Waals surface area contributed by atoms with Crippen molar-refractivity contribution in [3.63, 3.8) is 0 Å². The van der Waals surface area contributed by atoms with Crippen LogP contribution in [-0.4, -0.2) is 54.0 Å². The fourth-order valence-corrected chi connectivity index (χ4v) is 2.10. The molecule has 2 N–H and O–H groups in total. The first-order chi connectivity index (χ1) is 10.9. The summed E-state index contributed by atoms with van der Waals surface area (Å²) in [5.41, 5.74) is 0.929. The predicted octanol–water partition coefficient (Wildman–Crippen LogP) is 1.23. The number of hydrogen-bond donors (Lipinski definition) is 3. The van der Waals surface area contributed by atoms with Gasteiger partial charge in [-0.3, -0.25) is 9.69 Å². The van der Waals surface area contributed by atoms with E-state index in [2.05, 4.69) is 17.9 Å². The molecule has 0 aliphatic heterocycles. The number of nitrogens with zero attached hydrogens (tertiary/aromatic N) is 1. The lowest BCUT2D eigenvalue weighted by Gasteiger charge is -2.30. The molecule has 0 saturated carbocycles. The van der Waals surface area contributed by atoms with E-state index in [-0.39, 0.29) is 18.4 Å². The molecule has 0 bridgehead atoms. The van der Waals surface area contributed by atoms with E-state index in [1.54, 1.807) is 25.9 Å². The molecule has 1 amide bonds. The standard InChI is InChI=1S/C16H24N2O4S/c1-11(10-23)14(19)17-13(16(20)21)15(18(2)3)22-9-12-7-5-4-6-8-12/h4-8,11,13,15,23H,9-10H2,1-3H3,(H,17,19)(H,20,21). The maximum absolute atomic E-state index is 12.0. The molecule has 1 aromatic carbocycles. The third-order valence-corrected chi connectivity index (χ3v) is 3.89. The summed E-state index contributed by atoms with van der Waals surface area (Å²) in [4.78, 5) is 25.2. The third kappa shape index (κ3) is 6.21. The van der Waals surface area contributed by atoms with Crippen molar-refractivity contribution in [3.05, 3.63) is 35.9 Å². The van der Waals surface area contributed by atoms with Crippen LogP contribution in [0, 0.1) is 5.92 Å². The number of carboxylic acids is 1. The highest BCUT2D eigenvalue weighted by Gasteiger charge is 2.33. The number of carbonyl (C=O) groups excluding carboxylic acids is 1. The molecular weight excluding hydrogens is 316 g/mol. The van der Waals surface area contributed by atoms with Crippen LogP contribution in [-0.2, 0) is 20.9 Å². The first kappa shape index (κ1) is 19.5. The van der Waals surface area contributed by atoms with Crippen LogP contribution in [0.4, 0.5) is 0 Å². The molecule has 3 atom stereocenters. The SMILES string of the molecule is CC(CS)C(=O)NC(C(=O)O)C(OCc1ccccc1)N(C)C. The fraction of sp³-hybridized carbons (Fsp3) is 0.500. The summed E-state index contributed by atoms with van der Waals surface area (Å²) >= 11 is 4.06. The minimum atomic E-state index is -1.16. The minimum absolute atomic E-state index is 0.255. The smallest absolute Gasteiger partial charge is 0.330 e. The maximum atomic E-state index is 12.0. The van der Waals surface area contributed by atoms with E-state index >= 15 is 0 Å². The monoisotopic (exact) mass is 340 g/mol. The second-order valence-electron chi connectivity index (χ2n) is 5.56. The summed E-state index contributed by atoms with van der Waals surface area (Å²) in [7, 11) is 3.42. The first-order valence-electron chi connectivity index (χ1n) is 7.32. The number of carboxylic acid groups (broad SMARTS) is 1. The Balaban J connectivity index is 2.81. The summed E-state index contributed by atoms with van der Waals surface area (Å²) in [5.74, 6) is -1.54. The Morgan fingerprint density at radius 3 is 2.39 bits per heavy atom. The highest BCUT2D eigenvalue weighted by Crippen LogP contribution is 2.10. The van der Waals surface area contributed by atoms with E-state index in [0.29, 0.717) is 5.75 Å². The average molecular weight is 340 g/mol. The molecule has 0 saturated heterocycles. The lowest BCUT2D eigenvalue weighted by atomic mass is 10.1. The van der Waals surface area contributed by atoms with Gasteiger partial charge in [-0.15, -0.1) is 0 Å². The van der Waals surface area contributed by atoms with Gasteiger partial charge in [-0.05, 0) is 19.7 Å². The first-order valence-corrected chi connectivity index (χ1v) is 7.96. The van der Waals surface area contributed by atoms with E-state index in [0.717, 1.165) is 5.56 Å². The summed E-state index contributed by atoms with van der Waals surface area (Å²) in [6.07, 6.45) is -0.788. The molecule has 7 heteroatoms. The van der Waals surface area contributed by atoms with E-state index < -0.39 is 18.2 Å². The Kier molecular flexibility index (Phi) is 8.08. The van der Waals surface area contributed by atoms with Crippen molar-refractivity contribution in [2.45, 2.75) is 25.8 Å². The zero-order chi connectivity index (χ0) is 17.4. The molecule has 0 radical (unpaired) electrons. The number of aliphatic carboxylic acids is 1. The van der Waals surface area contributed by atoms with E-state index in [1.807, 2.05) is 30.3 Å². The lowest BCUT2D eigenvalue weighted by Crippen LogP contribution is -2.56. The number of amides is 1. The zero-order valence-corrected chi connectivity index (χ0v) is 14.5. The van der Waals surface area contributed by atoms with Gasteiger partial charge in [0.25, 0.3) is 0 Å². The van der Waals surface area contributed by atoms with Gasteiger partial charge in [0.1, 0.15) is 6.23 Å². The van der Waals surface area contributed by atoms with Crippen molar-refractivity contribution in [1.82, 2.24) is 10.2 Å². The summed E-state index contributed by atoms with van der Waals surface area (Å²) in [6, 6.07) is 8.28. The molecule has 0 spiro atoms. The zero-order valence-electron chi connectivity index (χ0n) is 13.6. The van der Waals surface area contributed by atoms with Crippen LogP contribution < -0.4 is 5.32 Å². The highest BCUT2D eigenvalue weighted by molar-refractivity contribution is 7.80. The van der Waals surface area contributed by atoms with Crippen molar-refractivity contribution in [3.8, 4) is 0 Å². The summed E-state index contributed by atoms with van der Waals surface area (Å²) < 4.78 is 5.74. The number of thiol groups is 1. The number of hydrogen-bond acceptors (Lipinski definition) is 5. The van der Waals surface area contributed by atoms with Crippen molar-refractivity contribution >= 4 is 24.5 Å². The number of ether oxygens (including phenoxy) is 1. The van der Waals surface area contributed by atoms with Crippen molar-refractivity contribution in [2.75, 3.05) is 19.8 Å². The van der Waals surface area contributed by atoms with Crippen molar-refractivity contribution in [2.24, 2.45) is 5.92 Å². The molecule has 1 rings (SSSR count). The van der Waals surface area contributed by atoms with Crippen LogP contribution >= 0.6 is 12.6 Å². The van der Waals surface area contributed by atoms with Crippen LogP contribution in [0.1, 0.15) is 12.5 Å². The Bertz CT molecular complexity index is 510. The van der Waals surface area contributed by atoms with Gasteiger partial charge < -0.3 is 15.2 Å². The largest absolute Gasteiger partial charge is 0.480 e. The molecular formula is C16H24N2O4S. The summed E-state index contributed by atoms with van der Waals surface area (Å²) in [6.45, 7) is 1.95. The van der Waals surface area contributed by atoms with Gasteiger partial charge in [0.15, 0.2) is 6.04 Å². The van der Waals surface area contributed by atoms with Gasteiger partial charge in [-0.2, -0.15) is 12.6 Å². The third-order valence-electron chi connectivity index (χ3n) is 3.34. The number of benzene rings is 1. The van der Waals surface area contributed by atoms with Crippen molar-refractivity contribution in [1.29, 1.82) is 0 Å². The number of carbonyl (C=O) groups is 2. The lowest BCUT2D eigenvalue weighted by molar-refractivity contribution is -0.154. The maximum Gasteiger partial charge on any atom is 0.330 e. The second-order valence-corrected chi connectivity index (χ2v) is 5.92. The van der Waals surface area contributed by atoms with Gasteiger partial charge in [0, 0.05) is 11.7 Å². The highest BCUT2D eigenvalue weighted by atomic mass is 32.1. The molecule has 23 heavy (non-hydrogen) atoms. The van der Waals surface area contributed by atoms with Gasteiger partial charge in [-0.1, -0.05) is 37.3 Å². The van der Waals surface area contributed by atoms with E-state index in [1.165, 1.54) is 0 Å². The predicted molar refractivity (Wildman–Crippen MR) is 91.3 cm³/mol. The molecule has 3 unspecified atom stereocenters. The molecule has 6 nitrogen and oxygen atoms in total. The Labute approximate surface area is 142 Å². The molecule has 0 fully saturated rings. The second kappa shape index (κ2) is 9.54. The van der Waals surface area contributed by atoms with Crippen LogP contribution in [0.5, 0.6) is 0 Å². The van der Waals surface area contributed by atoms with Crippen molar-refractivity contribution < 1.29 is 19.4 Å². The number of nitrogens with one attached hydrogen (secondary N) is 1. The Morgan fingerprint density at radius 2 is 1.91 bits per heavy atom. The average Bonchev–Trinajstić information content (AvgIpc) is 2.53. The van der Waals surface area contributed by atoms with Gasteiger partial charge >= 0.3 is 5.97 Å². The summed E-state index contributed by atoms with van der Waals surface area (Å²) in [5, 5.41) is 12.0. The molecule has 128 valence electrons. The molecule has 0 aromatic heterocycles. The normalized spacial score (nSPS) is 15.0. The molecule has 0 aliphatic rings. The van der Waals surface area contributed by atoms with Crippen LogP contribution in [0.3, 0.4) is 0 Å². The minimum Gasteiger partial charge on any atom is -0.480 e. The van der Waals surface area contributed by atoms with Crippen LogP contribution in [0.2, 0.25) is 0 Å². The topological polar surface area (TPSA) is 78.9 Å². The number of likely N-dealkylation sites (N-methyl/N-ethyl adjacent to an activating group) is 1. The van der Waals surface area contributed by atoms with Gasteiger partial charge in [-0.25, -0.2) is 4.79 Å². The van der Waals surface area contributed by atoms with Crippen LogP contribution in [0.25, 0.3) is 0 Å². The fourth-order valence-electron chi connectivity index (χ4n) is 1.93. The Hall–Kier alpha value is -1.57. The molecule has 1 aromatic rings. The quantitative estimate of drug-likeness (QED) is 0.465. The van der Waals surface area contributed by atoms with E-state index in [9.17, 15) is 14.7 Å². The Morgan fingerprint density at radius 1 is 1.30 bits per heavy atom. The molecule has 0 heterocycles.